The number of hydrogen-bond acceptors (Lipinski definition) is 6. The molecule has 1 atom stereocenters. The standard InChI is InChI=1S/C29H34F3N3O5/c1-4-17(2)25(34-23-7-6-20(13-18(23)3)29(30,31)32)19-5-8-24(33-16-19)35-11-9-21(10-12-35)40-22-14-28(15-22,26(36)37)27(38)39/h5-8,13,16-17,21-22H,4,9-12,14-15H2,1-3H3,(H,36,37)(H,38,39). The molecule has 0 radical (unpaired) electrons. The lowest BCUT2D eigenvalue weighted by Crippen LogP contribution is -2.54. The van der Waals surface area contributed by atoms with Crippen LogP contribution in [0.1, 0.15) is 62.6 Å². The largest absolute Gasteiger partial charge is 0.480 e. The summed E-state index contributed by atoms with van der Waals surface area (Å²) in [6.07, 6.45) is -0.927. The van der Waals surface area contributed by atoms with Crippen molar-refractivity contribution in [2.45, 2.75) is 71.3 Å². The number of ether oxygens (including phenoxy) is 1. The average Bonchev–Trinajstić information content (AvgIpc) is 2.89. The Bertz CT molecular complexity index is 1250. The number of pyridine rings is 1. The molecule has 0 amide bonds. The van der Waals surface area contributed by atoms with Crippen LogP contribution in [0.25, 0.3) is 0 Å². The highest BCUT2D eigenvalue weighted by atomic mass is 19.4. The summed E-state index contributed by atoms with van der Waals surface area (Å²) in [5.41, 5.74) is 0.0700. The van der Waals surface area contributed by atoms with Gasteiger partial charge in [-0.05, 0) is 68.0 Å². The molecule has 2 fully saturated rings. The number of anilines is 1. The summed E-state index contributed by atoms with van der Waals surface area (Å²) < 4.78 is 45.2. The van der Waals surface area contributed by atoms with Crippen molar-refractivity contribution in [3.8, 4) is 0 Å². The Kier molecular flexibility index (Phi) is 8.53. The third-order valence-corrected chi connectivity index (χ3v) is 8.01. The zero-order chi connectivity index (χ0) is 29.2. The highest BCUT2D eigenvalue weighted by molar-refractivity contribution is 6.03. The van der Waals surface area contributed by atoms with Gasteiger partial charge >= 0.3 is 18.1 Å². The van der Waals surface area contributed by atoms with E-state index in [1.54, 1.807) is 13.1 Å². The minimum absolute atomic E-state index is 0.0209. The van der Waals surface area contributed by atoms with Crippen molar-refractivity contribution in [2.24, 2.45) is 16.3 Å². The summed E-state index contributed by atoms with van der Waals surface area (Å²) in [5, 5.41) is 18.5. The molecule has 1 aliphatic carbocycles. The molecule has 40 heavy (non-hydrogen) atoms. The molecule has 2 heterocycles. The molecule has 2 aromatic rings. The van der Waals surface area contributed by atoms with Crippen LogP contribution < -0.4 is 4.90 Å². The zero-order valence-electron chi connectivity index (χ0n) is 22.7. The Hall–Kier alpha value is -3.47. The first-order chi connectivity index (χ1) is 18.8. The van der Waals surface area contributed by atoms with E-state index in [4.69, 9.17) is 9.73 Å². The molecular formula is C29H34F3N3O5. The zero-order valence-corrected chi connectivity index (χ0v) is 22.7. The van der Waals surface area contributed by atoms with E-state index in [2.05, 4.69) is 9.88 Å². The first kappa shape index (κ1) is 29.5. The van der Waals surface area contributed by atoms with Crippen LogP contribution >= 0.6 is 0 Å². The number of halogens is 3. The summed E-state index contributed by atoms with van der Waals surface area (Å²) in [6.45, 7) is 7.04. The number of piperidine rings is 1. The number of aliphatic imine (C=N–C) groups is 1. The fourth-order valence-electron chi connectivity index (χ4n) is 5.21. The number of hydrogen-bond donors (Lipinski definition) is 2. The molecule has 1 unspecified atom stereocenters. The van der Waals surface area contributed by atoms with Gasteiger partial charge in [-0.25, -0.2) is 4.98 Å². The summed E-state index contributed by atoms with van der Waals surface area (Å²) in [4.78, 5) is 34.2. The van der Waals surface area contributed by atoms with E-state index in [-0.39, 0.29) is 31.0 Å². The van der Waals surface area contributed by atoms with E-state index < -0.39 is 29.1 Å². The monoisotopic (exact) mass is 561 g/mol. The topological polar surface area (TPSA) is 112 Å². The third kappa shape index (κ3) is 6.14. The average molecular weight is 562 g/mol. The van der Waals surface area contributed by atoms with Gasteiger partial charge in [0.15, 0.2) is 5.41 Å². The number of alkyl halides is 3. The van der Waals surface area contributed by atoms with Crippen LogP contribution in [0.4, 0.5) is 24.7 Å². The Balaban J connectivity index is 1.39. The number of aliphatic carboxylic acids is 2. The van der Waals surface area contributed by atoms with Gasteiger partial charge in [0.05, 0.1) is 29.2 Å². The fourth-order valence-corrected chi connectivity index (χ4v) is 5.21. The van der Waals surface area contributed by atoms with E-state index in [1.165, 1.54) is 6.07 Å². The molecule has 2 N–H and O–H groups in total. The van der Waals surface area contributed by atoms with Gasteiger partial charge in [0.1, 0.15) is 5.82 Å². The molecule has 1 aromatic carbocycles. The molecular weight excluding hydrogens is 527 g/mol. The Morgan fingerprint density at radius 2 is 1.77 bits per heavy atom. The van der Waals surface area contributed by atoms with Crippen LogP contribution in [0.2, 0.25) is 0 Å². The minimum atomic E-state index is -4.41. The number of carbonyl (C=O) groups is 2. The summed E-state index contributed by atoms with van der Waals surface area (Å²) >= 11 is 0. The lowest BCUT2D eigenvalue weighted by atomic mass is 9.66. The van der Waals surface area contributed by atoms with Gasteiger partial charge in [0.25, 0.3) is 0 Å². The molecule has 216 valence electrons. The SMILES string of the molecule is CCC(C)C(=Nc1ccc(C(F)(F)F)cc1C)c1ccc(N2CCC(OC3CC(C(=O)O)(C(=O)O)C3)CC2)nc1. The van der Waals surface area contributed by atoms with Crippen LogP contribution in [0.3, 0.4) is 0 Å². The van der Waals surface area contributed by atoms with Crippen molar-refractivity contribution < 1.29 is 37.7 Å². The molecule has 1 saturated carbocycles. The van der Waals surface area contributed by atoms with Crippen molar-refractivity contribution in [3.63, 3.8) is 0 Å². The van der Waals surface area contributed by atoms with Gasteiger partial charge in [0.2, 0.25) is 0 Å². The van der Waals surface area contributed by atoms with Gasteiger partial charge in [-0.2, -0.15) is 13.2 Å². The predicted octanol–water partition coefficient (Wildman–Crippen LogP) is 5.88. The van der Waals surface area contributed by atoms with Gasteiger partial charge in [-0.3, -0.25) is 14.6 Å². The number of aromatic nitrogens is 1. The Labute approximate surface area is 230 Å². The first-order valence-corrected chi connectivity index (χ1v) is 13.4. The Morgan fingerprint density at radius 3 is 2.27 bits per heavy atom. The van der Waals surface area contributed by atoms with E-state index >= 15 is 0 Å². The second-order valence-electron chi connectivity index (χ2n) is 10.8. The van der Waals surface area contributed by atoms with Crippen molar-refractivity contribution >= 4 is 29.2 Å². The second-order valence-corrected chi connectivity index (χ2v) is 10.8. The quantitative estimate of drug-likeness (QED) is 0.290. The van der Waals surface area contributed by atoms with Crippen molar-refractivity contribution in [2.75, 3.05) is 18.0 Å². The second kappa shape index (κ2) is 11.6. The molecule has 0 spiro atoms. The van der Waals surface area contributed by atoms with E-state index in [9.17, 15) is 33.0 Å². The van der Waals surface area contributed by atoms with Crippen molar-refractivity contribution in [3.05, 3.63) is 53.2 Å². The van der Waals surface area contributed by atoms with Crippen LogP contribution in [-0.4, -0.2) is 58.1 Å². The van der Waals surface area contributed by atoms with Crippen molar-refractivity contribution in [1.82, 2.24) is 4.98 Å². The lowest BCUT2D eigenvalue weighted by molar-refractivity contribution is -0.189. The molecule has 8 nitrogen and oxygen atoms in total. The minimum Gasteiger partial charge on any atom is -0.480 e. The highest BCUT2D eigenvalue weighted by Crippen LogP contribution is 2.44. The maximum Gasteiger partial charge on any atom is 0.416 e. The summed E-state index contributed by atoms with van der Waals surface area (Å²) in [6, 6.07) is 7.41. The van der Waals surface area contributed by atoms with Gasteiger partial charge in [-0.15, -0.1) is 0 Å². The summed E-state index contributed by atoms with van der Waals surface area (Å²) in [5.74, 6) is -1.79. The molecule has 0 bridgehead atoms. The highest BCUT2D eigenvalue weighted by Gasteiger charge is 2.57. The molecule has 4 rings (SSSR count). The molecule has 11 heteroatoms. The van der Waals surface area contributed by atoms with Crippen LogP contribution in [0.15, 0.2) is 41.5 Å². The van der Waals surface area contributed by atoms with E-state index in [0.717, 1.165) is 35.6 Å². The van der Waals surface area contributed by atoms with Crippen LogP contribution in [0, 0.1) is 18.3 Å². The maximum atomic E-state index is 13.1. The fraction of sp³-hybridized carbons (Fsp3) is 0.517. The summed E-state index contributed by atoms with van der Waals surface area (Å²) in [7, 11) is 0. The van der Waals surface area contributed by atoms with Gasteiger partial charge < -0.3 is 19.8 Å². The molecule has 1 aliphatic heterocycles. The first-order valence-electron chi connectivity index (χ1n) is 13.4. The predicted molar refractivity (Wildman–Crippen MR) is 143 cm³/mol. The third-order valence-electron chi connectivity index (χ3n) is 8.01. The Morgan fingerprint density at radius 1 is 1.12 bits per heavy atom. The number of rotatable bonds is 9. The number of benzene rings is 1. The van der Waals surface area contributed by atoms with E-state index in [0.29, 0.717) is 37.2 Å². The molecule has 1 aromatic heterocycles. The number of carboxylic acids is 2. The maximum absolute atomic E-state index is 13.1. The van der Waals surface area contributed by atoms with Gasteiger partial charge in [0, 0.05) is 37.7 Å². The van der Waals surface area contributed by atoms with Crippen LogP contribution in [-0.2, 0) is 20.5 Å². The van der Waals surface area contributed by atoms with Crippen molar-refractivity contribution in [1.29, 1.82) is 0 Å². The van der Waals surface area contributed by atoms with Gasteiger partial charge in [-0.1, -0.05) is 13.8 Å². The van der Waals surface area contributed by atoms with E-state index in [1.807, 2.05) is 26.0 Å². The molecule has 2 aliphatic rings. The lowest BCUT2D eigenvalue weighted by Gasteiger charge is -2.43. The van der Waals surface area contributed by atoms with Crippen LogP contribution in [0.5, 0.6) is 0 Å². The number of carboxylic acid groups (broad SMARTS) is 2. The number of aryl methyl sites for hydroxylation is 1. The normalized spacial score (nSPS) is 19.2. The smallest absolute Gasteiger partial charge is 0.416 e. The molecule has 1 saturated heterocycles. The number of nitrogens with zero attached hydrogens (tertiary/aromatic N) is 3.